The lowest BCUT2D eigenvalue weighted by Crippen LogP contribution is -2.14. The number of aromatic nitrogens is 3. The van der Waals surface area contributed by atoms with E-state index < -0.39 is 0 Å². The van der Waals surface area contributed by atoms with Gasteiger partial charge in [0.1, 0.15) is 13.7 Å². The van der Waals surface area contributed by atoms with E-state index >= 15 is 0 Å². The molecule has 0 aliphatic rings. The molecule has 0 atom stereocenters. The van der Waals surface area contributed by atoms with Gasteiger partial charge >= 0.3 is 0 Å². The number of nitrogens with zero attached hydrogens (tertiary/aromatic N) is 3. The van der Waals surface area contributed by atoms with Crippen LogP contribution in [-0.4, -0.2) is 28.4 Å². The number of nitrogen functional groups attached to an aromatic ring is 1. The van der Waals surface area contributed by atoms with Crippen LogP contribution in [0.25, 0.3) is 16.9 Å². The molecule has 176 valence electrons. The predicted molar refractivity (Wildman–Crippen MR) is 146 cm³/mol. The lowest BCUT2D eigenvalue weighted by molar-refractivity contribution is -0.115. The Morgan fingerprint density at radius 2 is 1.81 bits per heavy atom. The van der Waals surface area contributed by atoms with Crippen molar-refractivity contribution in [2.75, 3.05) is 16.4 Å². The lowest BCUT2D eigenvalue weighted by Gasteiger charge is -2.13. The summed E-state index contributed by atoms with van der Waals surface area (Å²) in [5.74, 6) is 0.598. The molecule has 9 heteroatoms. The molecule has 0 bridgehead atoms. The number of carbonyl (C=O) groups is 1. The molecule has 5 aromatic rings. The van der Waals surface area contributed by atoms with Crippen LogP contribution in [-0.2, 0) is 17.8 Å². The summed E-state index contributed by atoms with van der Waals surface area (Å²) in [5, 5.41) is 11.3. The SMILES string of the molecule is [B]c1cnn2c(NCc3cccc(NC(=O)Cc4cccc(Cl)c4)c3)cc(-c3ccccc3N)nc12. The van der Waals surface area contributed by atoms with Gasteiger partial charge in [0.2, 0.25) is 5.91 Å². The largest absolute Gasteiger partial charge is 0.398 e. The zero-order valence-corrected chi connectivity index (χ0v) is 20.0. The number of nitrogens with one attached hydrogen (secondary N) is 2. The Morgan fingerprint density at radius 3 is 2.64 bits per heavy atom. The maximum atomic E-state index is 12.5. The number of amides is 1. The second-order valence-corrected chi connectivity index (χ2v) is 8.79. The van der Waals surface area contributed by atoms with Crippen molar-refractivity contribution in [2.24, 2.45) is 0 Å². The van der Waals surface area contributed by atoms with E-state index in [-0.39, 0.29) is 12.3 Å². The highest BCUT2D eigenvalue weighted by atomic mass is 35.5. The van der Waals surface area contributed by atoms with Crippen LogP contribution in [0, 0.1) is 0 Å². The molecular weight excluding hydrogens is 471 g/mol. The van der Waals surface area contributed by atoms with Crippen LogP contribution in [0.2, 0.25) is 5.02 Å². The molecule has 5 rings (SSSR count). The molecule has 3 aromatic carbocycles. The molecule has 2 aromatic heterocycles. The number of rotatable bonds is 7. The van der Waals surface area contributed by atoms with E-state index in [2.05, 4.69) is 20.7 Å². The molecule has 36 heavy (non-hydrogen) atoms. The first-order chi connectivity index (χ1) is 17.5. The molecule has 2 heterocycles. The number of anilines is 3. The van der Waals surface area contributed by atoms with Gasteiger partial charge in [0.05, 0.1) is 12.1 Å². The summed E-state index contributed by atoms with van der Waals surface area (Å²) >= 11 is 6.02. The normalized spacial score (nSPS) is 10.9. The van der Waals surface area contributed by atoms with Crippen molar-refractivity contribution in [3.8, 4) is 11.3 Å². The Labute approximate surface area is 214 Å². The first-order valence-corrected chi connectivity index (χ1v) is 11.7. The Balaban J connectivity index is 1.34. The third-order valence-corrected chi connectivity index (χ3v) is 5.91. The van der Waals surface area contributed by atoms with E-state index in [0.717, 1.165) is 16.7 Å². The highest BCUT2D eigenvalue weighted by Crippen LogP contribution is 2.27. The summed E-state index contributed by atoms with van der Waals surface area (Å²) in [7, 11) is 6.11. The van der Waals surface area contributed by atoms with Crippen LogP contribution in [0.15, 0.2) is 85.1 Å². The predicted octanol–water partition coefficient (Wildman–Crippen LogP) is 4.22. The molecule has 1 amide bonds. The van der Waals surface area contributed by atoms with Gasteiger partial charge in [-0.25, -0.2) is 4.98 Å². The first-order valence-electron chi connectivity index (χ1n) is 11.3. The minimum absolute atomic E-state index is 0.115. The highest BCUT2D eigenvalue weighted by molar-refractivity contribution is 6.36. The average molecular weight is 493 g/mol. The summed E-state index contributed by atoms with van der Waals surface area (Å²) < 4.78 is 1.66. The molecule has 0 aliphatic heterocycles. The van der Waals surface area contributed by atoms with Crippen molar-refractivity contribution >= 4 is 53.7 Å². The number of para-hydroxylation sites is 1. The average Bonchev–Trinajstić information content (AvgIpc) is 3.24. The van der Waals surface area contributed by atoms with Gasteiger partial charge in [0, 0.05) is 40.8 Å². The first kappa shape index (κ1) is 23.4. The molecule has 0 saturated heterocycles. The van der Waals surface area contributed by atoms with E-state index in [1.165, 1.54) is 0 Å². The standard InChI is InChI=1S/C27H22BClN6O/c28-22-16-32-35-25(14-24(34-27(22)35)21-9-1-2-10-23(21)30)31-15-18-6-4-8-20(12-18)33-26(36)13-17-5-3-7-19(29)11-17/h1-12,14,16,31H,13,15,30H2,(H,33,36). The fourth-order valence-corrected chi connectivity index (χ4v) is 4.18. The quantitative estimate of drug-likeness (QED) is 0.233. The van der Waals surface area contributed by atoms with Crippen LogP contribution >= 0.6 is 11.6 Å². The Kier molecular flexibility index (Phi) is 6.60. The minimum Gasteiger partial charge on any atom is -0.398 e. The second-order valence-electron chi connectivity index (χ2n) is 8.36. The Morgan fingerprint density at radius 1 is 1.00 bits per heavy atom. The van der Waals surface area contributed by atoms with Crippen LogP contribution < -0.4 is 21.8 Å². The third-order valence-electron chi connectivity index (χ3n) is 5.67. The number of nitrogens with two attached hydrogens (primary N) is 1. The topological polar surface area (TPSA) is 97.3 Å². The zero-order valence-electron chi connectivity index (χ0n) is 19.3. The van der Waals surface area contributed by atoms with E-state index in [9.17, 15) is 4.79 Å². The van der Waals surface area contributed by atoms with Gasteiger partial charge in [-0.05, 0) is 46.9 Å². The molecule has 7 nitrogen and oxygen atoms in total. The fourth-order valence-electron chi connectivity index (χ4n) is 3.96. The molecule has 0 saturated carbocycles. The maximum Gasteiger partial charge on any atom is 0.228 e. The molecule has 0 spiro atoms. The number of benzene rings is 3. The van der Waals surface area contributed by atoms with Gasteiger partial charge in [-0.15, -0.1) is 0 Å². The molecule has 0 aliphatic carbocycles. The van der Waals surface area contributed by atoms with Crippen molar-refractivity contribution in [1.82, 2.24) is 14.6 Å². The lowest BCUT2D eigenvalue weighted by atomic mass is 10.0. The van der Waals surface area contributed by atoms with Gasteiger partial charge < -0.3 is 16.4 Å². The molecule has 4 N–H and O–H groups in total. The number of hydrogen-bond acceptors (Lipinski definition) is 5. The van der Waals surface area contributed by atoms with E-state index in [1.54, 1.807) is 22.8 Å². The number of hydrogen-bond donors (Lipinski definition) is 3. The van der Waals surface area contributed by atoms with Gasteiger partial charge in [-0.3, -0.25) is 4.79 Å². The van der Waals surface area contributed by atoms with Crippen molar-refractivity contribution in [1.29, 1.82) is 0 Å². The Hall–Kier alpha value is -4.30. The second kappa shape index (κ2) is 10.1. The monoisotopic (exact) mass is 492 g/mol. The third kappa shape index (κ3) is 5.19. The zero-order chi connectivity index (χ0) is 25.1. The highest BCUT2D eigenvalue weighted by Gasteiger charge is 2.12. The van der Waals surface area contributed by atoms with Crippen molar-refractivity contribution < 1.29 is 4.79 Å². The van der Waals surface area contributed by atoms with E-state index in [0.29, 0.717) is 45.6 Å². The molecular formula is C27H22BClN6O. The van der Waals surface area contributed by atoms with Crippen molar-refractivity contribution in [3.63, 3.8) is 0 Å². The maximum absolute atomic E-state index is 12.5. The van der Waals surface area contributed by atoms with E-state index in [1.807, 2.05) is 66.7 Å². The fraction of sp³-hybridized carbons (Fsp3) is 0.0741. The van der Waals surface area contributed by atoms with Gasteiger partial charge in [-0.2, -0.15) is 9.61 Å². The van der Waals surface area contributed by atoms with Gasteiger partial charge in [0.25, 0.3) is 0 Å². The molecule has 0 fully saturated rings. The van der Waals surface area contributed by atoms with Crippen LogP contribution in [0.5, 0.6) is 0 Å². The van der Waals surface area contributed by atoms with Crippen LogP contribution in [0.1, 0.15) is 11.1 Å². The Bertz CT molecular complexity index is 1570. The van der Waals surface area contributed by atoms with Crippen molar-refractivity contribution in [3.05, 3.63) is 101 Å². The van der Waals surface area contributed by atoms with Crippen molar-refractivity contribution in [2.45, 2.75) is 13.0 Å². The molecule has 0 unspecified atom stereocenters. The summed E-state index contributed by atoms with van der Waals surface area (Å²) in [6.45, 7) is 0.487. The minimum atomic E-state index is -0.115. The van der Waals surface area contributed by atoms with E-state index in [4.69, 9.17) is 25.2 Å². The summed E-state index contributed by atoms with van der Waals surface area (Å²) in [5.41, 5.74) is 11.9. The summed E-state index contributed by atoms with van der Waals surface area (Å²) in [4.78, 5) is 17.2. The number of fused-ring (bicyclic) bond motifs is 1. The van der Waals surface area contributed by atoms with Gasteiger partial charge in [-0.1, -0.05) is 54.1 Å². The smallest absolute Gasteiger partial charge is 0.228 e. The number of carbonyl (C=O) groups excluding carboxylic acids is 1. The summed E-state index contributed by atoms with van der Waals surface area (Å²) in [6.07, 6.45) is 1.81. The molecule has 2 radical (unpaired) electrons. The van der Waals surface area contributed by atoms with Crippen LogP contribution in [0.3, 0.4) is 0 Å². The summed E-state index contributed by atoms with van der Waals surface area (Å²) in [6, 6.07) is 24.4. The van der Waals surface area contributed by atoms with Crippen LogP contribution in [0.4, 0.5) is 17.2 Å². The number of halogens is 1. The van der Waals surface area contributed by atoms with Gasteiger partial charge in [0.15, 0.2) is 5.65 Å².